The molecule has 11 nitrogen and oxygen atoms in total. The Hall–Kier alpha value is -3.27. The number of nitrogens with one attached hydrogen (secondary N) is 1. The summed E-state index contributed by atoms with van der Waals surface area (Å²) < 4.78 is 76.1. The van der Waals surface area contributed by atoms with Gasteiger partial charge in [-0.1, -0.05) is 41.4 Å². The molecule has 1 aliphatic carbocycles. The van der Waals surface area contributed by atoms with E-state index in [9.17, 15) is 27.2 Å². The van der Waals surface area contributed by atoms with Crippen LogP contribution in [0.1, 0.15) is 52.4 Å². The summed E-state index contributed by atoms with van der Waals surface area (Å²) in [5, 5.41) is 11.9. The first-order chi connectivity index (χ1) is 23.5. The van der Waals surface area contributed by atoms with Gasteiger partial charge in [0.25, 0.3) is 0 Å². The second-order valence-corrected chi connectivity index (χ2v) is 14.6. The molecule has 2 heterocycles. The van der Waals surface area contributed by atoms with Gasteiger partial charge in [0.2, 0.25) is 10.0 Å². The van der Waals surface area contributed by atoms with E-state index in [0.29, 0.717) is 60.1 Å². The maximum atomic E-state index is 13.4. The lowest BCUT2D eigenvalue weighted by Gasteiger charge is -2.26. The summed E-state index contributed by atoms with van der Waals surface area (Å²) in [6.07, 6.45) is 3.55. The molecule has 266 valence electrons. The molecule has 2 fully saturated rings. The second kappa shape index (κ2) is 17.1. The predicted octanol–water partition coefficient (Wildman–Crippen LogP) is 5.30. The third-order valence-electron chi connectivity index (χ3n) is 8.10. The van der Waals surface area contributed by atoms with Gasteiger partial charge in [-0.15, -0.1) is 0 Å². The number of aromatic nitrogens is 1. The average Bonchev–Trinajstić information content (AvgIpc) is 3.89. The summed E-state index contributed by atoms with van der Waals surface area (Å²) in [6.45, 7) is 0.816. The summed E-state index contributed by atoms with van der Waals surface area (Å²) in [6, 6.07) is 10.5. The van der Waals surface area contributed by atoms with E-state index in [0.717, 1.165) is 38.3 Å². The van der Waals surface area contributed by atoms with E-state index < -0.39 is 28.7 Å². The summed E-state index contributed by atoms with van der Waals surface area (Å²) in [4.78, 5) is 15.6. The van der Waals surface area contributed by atoms with Crippen LogP contribution in [0, 0.1) is 11.1 Å². The molecule has 2 aromatic carbocycles. The molecule has 49 heavy (non-hydrogen) atoms. The number of sulfonamides is 1. The van der Waals surface area contributed by atoms with E-state index in [1.165, 1.54) is 30.3 Å². The van der Waals surface area contributed by atoms with Gasteiger partial charge in [0, 0.05) is 31.6 Å². The highest BCUT2D eigenvalue weighted by molar-refractivity contribution is 7.89. The first-order valence-corrected chi connectivity index (χ1v) is 18.2. The van der Waals surface area contributed by atoms with E-state index in [-0.39, 0.29) is 45.8 Å². The largest absolute Gasteiger partial charge is 0.619 e. The number of halogens is 4. The number of rotatable bonds is 17. The third kappa shape index (κ3) is 11.4. The molecule has 0 unspecified atom stereocenters. The van der Waals surface area contributed by atoms with Crippen LogP contribution in [0.5, 0.6) is 11.5 Å². The van der Waals surface area contributed by atoms with Gasteiger partial charge in [-0.25, -0.2) is 17.9 Å². The zero-order valence-electron chi connectivity index (χ0n) is 26.5. The summed E-state index contributed by atoms with van der Waals surface area (Å²) >= 11 is 12.7. The Morgan fingerprint density at radius 3 is 2.41 bits per heavy atom. The average molecular weight is 745 g/mol. The highest BCUT2D eigenvalue weighted by Crippen LogP contribution is 2.38. The van der Waals surface area contributed by atoms with E-state index in [4.69, 9.17) is 37.4 Å². The fourth-order valence-electron chi connectivity index (χ4n) is 5.19. The van der Waals surface area contributed by atoms with Gasteiger partial charge in [-0.05, 0) is 67.1 Å². The Morgan fingerprint density at radius 2 is 1.76 bits per heavy atom. The Labute approximate surface area is 293 Å². The maximum absolute atomic E-state index is 13.4. The number of pyridine rings is 1. The van der Waals surface area contributed by atoms with Crippen LogP contribution in [0.25, 0.3) is 0 Å². The highest BCUT2D eigenvalue weighted by Gasteiger charge is 2.27. The minimum atomic E-state index is -3.52. The molecule has 1 aliphatic heterocycles. The number of carbonyl (C=O) groups is 1. The van der Waals surface area contributed by atoms with Crippen LogP contribution in [0.2, 0.25) is 10.0 Å². The van der Waals surface area contributed by atoms with Crippen LogP contribution in [0.4, 0.5) is 8.78 Å². The van der Waals surface area contributed by atoms with Gasteiger partial charge < -0.3 is 24.2 Å². The van der Waals surface area contributed by atoms with Gasteiger partial charge in [-0.2, -0.15) is 13.5 Å². The Morgan fingerprint density at radius 1 is 1.06 bits per heavy atom. The van der Waals surface area contributed by atoms with Gasteiger partial charge in [0.05, 0.1) is 31.1 Å². The van der Waals surface area contributed by atoms with Crippen molar-refractivity contribution in [2.24, 2.45) is 5.92 Å². The van der Waals surface area contributed by atoms with E-state index in [1.807, 2.05) is 0 Å². The van der Waals surface area contributed by atoms with Crippen molar-refractivity contribution in [3.63, 3.8) is 0 Å². The number of esters is 1. The molecule has 5 rings (SSSR count). The second-order valence-electron chi connectivity index (χ2n) is 11.9. The number of benzene rings is 2. The first kappa shape index (κ1) is 37.0. The number of hydrogen-bond acceptors (Lipinski definition) is 9. The minimum Gasteiger partial charge on any atom is -0.619 e. The molecule has 1 atom stereocenters. The molecule has 0 bridgehead atoms. The minimum absolute atomic E-state index is 0.0109. The topological polar surface area (TPSA) is 130 Å². The molecular formula is C33H37Cl2F2N3O8S. The molecule has 2 aliphatic rings. The first-order valence-electron chi connectivity index (χ1n) is 15.8. The number of nitrogens with zero attached hydrogens (tertiary/aromatic N) is 2. The van der Waals surface area contributed by atoms with Crippen molar-refractivity contribution in [2.75, 3.05) is 45.2 Å². The van der Waals surface area contributed by atoms with Crippen LogP contribution < -0.4 is 18.9 Å². The molecule has 16 heteroatoms. The van der Waals surface area contributed by atoms with Gasteiger partial charge in [-0.3, -0.25) is 4.90 Å². The van der Waals surface area contributed by atoms with Crippen molar-refractivity contribution in [1.29, 1.82) is 0 Å². The summed E-state index contributed by atoms with van der Waals surface area (Å²) in [5.41, 5.74) is 1.51. The number of ether oxygens (including phenoxy) is 4. The maximum Gasteiger partial charge on any atom is 0.387 e. The van der Waals surface area contributed by atoms with Crippen molar-refractivity contribution in [3.8, 4) is 11.5 Å². The normalized spacial score (nSPS) is 16.0. The zero-order valence-corrected chi connectivity index (χ0v) is 28.8. The number of morpholine rings is 1. The lowest BCUT2D eigenvalue weighted by Crippen LogP contribution is -2.38. The molecule has 0 spiro atoms. The lowest BCUT2D eigenvalue weighted by molar-refractivity contribution is -0.605. The number of hydrogen-bond donors (Lipinski definition) is 1. The standard InChI is InChI=1S/C33H37Cl2F2N3O8S/c34-27-19-40(42)20-28(35)26(27)17-30(25-8-9-29(48-33(36)37)31(16-25)46-21-23-2-3-23)47-32(41)24-6-4-22(5-7-24)18-38-49(43,44)15-1-10-39-11-13-45-14-12-39/h4-9,16,19-20,23,30,33,38H,1-3,10-15,17-18,21H2/t30-/m0/s1. The fourth-order valence-corrected chi connectivity index (χ4v) is 6.82. The Balaban J connectivity index is 1.28. The Kier molecular flexibility index (Phi) is 12.9. The highest BCUT2D eigenvalue weighted by atomic mass is 35.5. The smallest absolute Gasteiger partial charge is 0.387 e. The number of alkyl halides is 2. The molecule has 1 saturated heterocycles. The number of carbonyl (C=O) groups excluding carboxylic acids is 1. The van der Waals surface area contributed by atoms with Crippen LogP contribution in [0.15, 0.2) is 54.9 Å². The molecule has 1 saturated carbocycles. The molecule has 0 amide bonds. The van der Waals surface area contributed by atoms with Crippen LogP contribution >= 0.6 is 23.2 Å². The van der Waals surface area contributed by atoms with E-state index in [1.54, 1.807) is 12.1 Å². The molecule has 1 aromatic heterocycles. The summed E-state index contributed by atoms with van der Waals surface area (Å²) in [7, 11) is -3.52. The van der Waals surface area contributed by atoms with Crippen molar-refractivity contribution < 1.29 is 45.7 Å². The van der Waals surface area contributed by atoms with Crippen molar-refractivity contribution in [3.05, 3.63) is 92.4 Å². The van der Waals surface area contributed by atoms with Gasteiger partial charge in [0.15, 0.2) is 23.9 Å². The van der Waals surface area contributed by atoms with Crippen molar-refractivity contribution >= 4 is 39.2 Å². The zero-order chi connectivity index (χ0) is 35.0. The van der Waals surface area contributed by atoms with Gasteiger partial charge in [0.1, 0.15) is 16.1 Å². The molecule has 3 aromatic rings. The van der Waals surface area contributed by atoms with Crippen LogP contribution in [-0.4, -0.2) is 71.1 Å². The van der Waals surface area contributed by atoms with Crippen molar-refractivity contribution in [2.45, 2.75) is 44.9 Å². The van der Waals surface area contributed by atoms with E-state index >= 15 is 0 Å². The molecule has 1 N–H and O–H groups in total. The van der Waals surface area contributed by atoms with E-state index in [2.05, 4.69) is 14.4 Å². The van der Waals surface area contributed by atoms with Gasteiger partial charge >= 0.3 is 12.6 Å². The summed E-state index contributed by atoms with van der Waals surface area (Å²) in [5.74, 6) is -0.535. The predicted molar refractivity (Wildman–Crippen MR) is 178 cm³/mol. The Bertz CT molecular complexity index is 1670. The molecular weight excluding hydrogens is 707 g/mol. The fraction of sp³-hybridized carbons (Fsp3) is 0.455. The van der Waals surface area contributed by atoms with Crippen LogP contribution in [0.3, 0.4) is 0 Å². The quantitative estimate of drug-likeness (QED) is 0.111. The monoisotopic (exact) mass is 743 g/mol. The SMILES string of the molecule is O=C(O[C@@H](Cc1c(Cl)c[n+]([O-])cc1Cl)c1ccc(OC(F)F)c(OCC2CC2)c1)c1ccc(CNS(=O)(=O)CCCN2CCOCC2)cc1. The van der Waals surface area contributed by atoms with Crippen LogP contribution in [-0.2, 0) is 32.5 Å². The van der Waals surface area contributed by atoms with Crippen molar-refractivity contribution in [1.82, 2.24) is 9.62 Å². The third-order valence-corrected chi connectivity index (χ3v) is 10.2. The lowest BCUT2D eigenvalue weighted by atomic mass is 10.0. The molecule has 0 radical (unpaired) electrons.